The number of hydrogen-bond acceptors (Lipinski definition) is 3. The van der Waals surface area contributed by atoms with E-state index in [2.05, 4.69) is 29.9 Å². The Labute approximate surface area is 109 Å². The SMILES string of the molecule is Cc1cc(C#N)cc(N(C)C2CCCCC2C)n1. The summed E-state index contributed by atoms with van der Waals surface area (Å²) in [4.78, 5) is 6.83. The molecule has 2 rings (SSSR count). The minimum atomic E-state index is 0.555. The highest BCUT2D eigenvalue weighted by Gasteiger charge is 2.25. The van der Waals surface area contributed by atoms with Crippen LogP contribution in [-0.4, -0.2) is 18.1 Å². The predicted octanol–water partition coefficient (Wildman–Crippen LogP) is 3.28. The lowest BCUT2D eigenvalue weighted by Crippen LogP contribution is -2.39. The summed E-state index contributed by atoms with van der Waals surface area (Å²) < 4.78 is 0. The zero-order valence-corrected chi connectivity index (χ0v) is 11.5. The quantitative estimate of drug-likeness (QED) is 0.800. The van der Waals surface area contributed by atoms with E-state index in [4.69, 9.17) is 5.26 Å². The Morgan fingerprint density at radius 1 is 1.33 bits per heavy atom. The number of nitriles is 1. The third kappa shape index (κ3) is 2.64. The molecule has 0 bridgehead atoms. The van der Waals surface area contributed by atoms with Gasteiger partial charge in [-0.3, -0.25) is 0 Å². The highest BCUT2D eigenvalue weighted by atomic mass is 15.2. The topological polar surface area (TPSA) is 39.9 Å². The second kappa shape index (κ2) is 5.39. The van der Waals surface area contributed by atoms with Gasteiger partial charge in [-0.25, -0.2) is 4.98 Å². The predicted molar refractivity (Wildman–Crippen MR) is 73.5 cm³/mol. The van der Waals surface area contributed by atoms with E-state index in [1.807, 2.05) is 19.1 Å². The average molecular weight is 243 g/mol. The first-order valence-electron chi connectivity index (χ1n) is 6.73. The van der Waals surface area contributed by atoms with Crippen LogP contribution in [0.2, 0.25) is 0 Å². The number of anilines is 1. The largest absolute Gasteiger partial charge is 0.356 e. The van der Waals surface area contributed by atoms with E-state index < -0.39 is 0 Å². The number of aromatic nitrogens is 1. The molecule has 1 heterocycles. The van der Waals surface area contributed by atoms with Crippen molar-refractivity contribution in [2.24, 2.45) is 5.92 Å². The Bertz CT molecular complexity index is 461. The van der Waals surface area contributed by atoms with Crippen molar-refractivity contribution in [3.05, 3.63) is 23.4 Å². The van der Waals surface area contributed by atoms with Crippen LogP contribution in [0.3, 0.4) is 0 Å². The minimum Gasteiger partial charge on any atom is -0.356 e. The summed E-state index contributed by atoms with van der Waals surface area (Å²) in [5, 5.41) is 9.03. The zero-order valence-electron chi connectivity index (χ0n) is 11.5. The van der Waals surface area contributed by atoms with Crippen molar-refractivity contribution in [3.8, 4) is 6.07 Å². The second-order valence-corrected chi connectivity index (χ2v) is 5.41. The molecule has 2 atom stereocenters. The Balaban J connectivity index is 2.25. The number of pyridine rings is 1. The maximum Gasteiger partial charge on any atom is 0.130 e. The van der Waals surface area contributed by atoms with Crippen LogP contribution >= 0.6 is 0 Å². The Morgan fingerprint density at radius 2 is 2.06 bits per heavy atom. The van der Waals surface area contributed by atoms with E-state index in [-0.39, 0.29) is 0 Å². The molecule has 1 fully saturated rings. The van der Waals surface area contributed by atoms with Gasteiger partial charge in [0.2, 0.25) is 0 Å². The van der Waals surface area contributed by atoms with Crippen LogP contribution in [0.1, 0.15) is 43.9 Å². The Morgan fingerprint density at radius 3 is 2.72 bits per heavy atom. The first-order valence-corrected chi connectivity index (χ1v) is 6.73. The maximum atomic E-state index is 9.03. The van der Waals surface area contributed by atoms with Crippen LogP contribution in [0.15, 0.2) is 12.1 Å². The fourth-order valence-corrected chi connectivity index (χ4v) is 2.94. The number of aryl methyl sites for hydroxylation is 1. The van der Waals surface area contributed by atoms with Crippen LogP contribution in [0.25, 0.3) is 0 Å². The standard InChI is InChI=1S/C15H21N3/c1-11-6-4-5-7-14(11)18(3)15-9-13(10-16)8-12(2)17-15/h8-9,11,14H,4-7H2,1-3H3. The molecule has 0 N–H and O–H groups in total. The molecule has 18 heavy (non-hydrogen) atoms. The van der Waals surface area contributed by atoms with Gasteiger partial charge in [-0.05, 0) is 37.8 Å². The van der Waals surface area contributed by atoms with Crippen molar-refractivity contribution in [1.29, 1.82) is 5.26 Å². The van der Waals surface area contributed by atoms with Crippen LogP contribution in [0.4, 0.5) is 5.82 Å². The Hall–Kier alpha value is -1.56. The van der Waals surface area contributed by atoms with Crippen molar-refractivity contribution in [2.45, 2.75) is 45.6 Å². The average Bonchev–Trinajstić information content (AvgIpc) is 2.37. The maximum absolute atomic E-state index is 9.03. The summed E-state index contributed by atoms with van der Waals surface area (Å²) in [6.07, 6.45) is 5.17. The molecule has 0 amide bonds. The molecule has 0 aromatic carbocycles. The molecular weight excluding hydrogens is 222 g/mol. The third-order valence-electron chi connectivity index (χ3n) is 3.99. The summed E-state index contributed by atoms with van der Waals surface area (Å²) in [5.41, 5.74) is 1.62. The molecule has 1 aliphatic carbocycles. The van der Waals surface area contributed by atoms with Crippen molar-refractivity contribution in [2.75, 3.05) is 11.9 Å². The first-order chi connectivity index (χ1) is 8.61. The summed E-state index contributed by atoms with van der Waals surface area (Å²) in [5.74, 6) is 1.64. The van der Waals surface area contributed by atoms with Gasteiger partial charge in [0.25, 0.3) is 0 Å². The normalized spacial score (nSPS) is 23.4. The Kier molecular flexibility index (Phi) is 3.86. The van der Waals surface area contributed by atoms with Gasteiger partial charge in [0.1, 0.15) is 5.82 Å². The van der Waals surface area contributed by atoms with Gasteiger partial charge in [0.05, 0.1) is 11.6 Å². The number of hydrogen-bond donors (Lipinski definition) is 0. The highest BCUT2D eigenvalue weighted by Crippen LogP contribution is 2.30. The van der Waals surface area contributed by atoms with Gasteiger partial charge in [-0.2, -0.15) is 5.26 Å². The molecule has 0 spiro atoms. The molecule has 1 aliphatic rings. The van der Waals surface area contributed by atoms with Crippen molar-refractivity contribution >= 4 is 5.82 Å². The molecule has 0 saturated heterocycles. The van der Waals surface area contributed by atoms with Crippen molar-refractivity contribution in [1.82, 2.24) is 4.98 Å². The van der Waals surface area contributed by atoms with E-state index in [0.717, 1.165) is 11.5 Å². The van der Waals surface area contributed by atoms with Gasteiger partial charge in [0, 0.05) is 18.8 Å². The molecule has 1 saturated carbocycles. The fraction of sp³-hybridized carbons (Fsp3) is 0.600. The molecule has 0 aliphatic heterocycles. The summed E-state index contributed by atoms with van der Waals surface area (Å²) >= 11 is 0. The molecule has 1 aromatic heterocycles. The monoisotopic (exact) mass is 243 g/mol. The van der Waals surface area contributed by atoms with Crippen LogP contribution in [-0.2, 0) is 0 Å². The van der Waals surface area contributed by atoms with Crippen molar-refractivity contribution < 1.29 is 0 Å². The van der Waals surface area contributed by atoms with E-state index >= 15 is 0 Å². The summed E-state index contributed by atoms with van der Waals surface area (Å²) in [7, 11) is 2.11. The molecular formula is C15H21N3. The molecule has 3 nitrogen and oxygen atoms in total. The first kappa shape index (κ1) is 12.9. The van der Waals surface area contributed by atoms with Gasteiger partial charge in [-0.1, -0.05) is 19.8 Å². The van der Waals surface area contributed by atoms with E-state index in [0.29, 0.717) is 17.5 Å². The minimum absolute atomic E-state index is 0.555. The number of nitrogens with zero attached hydrogens (tertiary/aromatic N) is 3. The molecule has 96 valence electrons. The van der Waals surface area contributed by atoms with Crippen LogP contribution in [0, 0.1) is 24.2 Å². The van der Waals surface area contributed by atoms with Gasteiger partial charge < -0.3 is 4.90 Å². The lowest BCUT2D eigenvalue weighted by molar-refractivity contribution is 0.320. The van der Waals surface area contributed by atoms with Gasteiger partial charge in [-0.15, -0.1) is 0 Å². The summed E-state index contributed by atoms with van der Waals surface area (Å²) in [6, 6.07) is 6.50. The van der Waals surface area contributed by atoms with Crippen molar-refractivity contribution in [3.63, 3.8) is 0 Å². The third-order valence-corrected chi connectivity index (χ3v) is 3.99. The lowest BCUT2D eigenvalue weighted by atomic mass is 9.85. The fourth-order valence-electron chi connectivity index (χ4n) is 2.94. The summed E-state index contributed by atoms with van der Waals surface area (Å²) in [6.45, 7) is 4.27. The van der Waals surface area contributed by atoms with E-state index in [1.54, 1.807) is 0 Å². The zero-order chi connectivity index (χ0) is 13.1. The van der Waals surface area contributed by atoms with Gasteiger partial charge in [0.15, 0.2) is 0 Å². The van der Waals surface area contributed by atoms with Crippen LogP contribution in [0.5, 0.6) is 0 Å². The van der Waals surface area contributed by atoms with E-state index in [9.17, 15) is 0 Å². The van der Waals surface area contributed by atoms with Gasteiger partial charge >= 0.3 is 0 Å². The number of rotatable bonds is 2. The molecule has 0 radical (unpaired) electrons. The molecule has 2 unspecified atom stereocenters. The van der Waals surface area contributed by atoms with E-state index in [1.165, 1.54) is 25.7 Å². The highest BCUT2D eigenvalue weighted by molar-refractivity contribution is 5.47. The smallest absolute Gasteiger partial charge is 0.130 e. The van der Waals surface area contributed by atoms with Crippen LogP contribution < -0.4 is 4.90 Å². The second-order valence-electron chi connectivity index (χ2n) is 5.41. The lowest BCUT2D eigenvalue weighted by Gasteiger charge is -2.37. The molecule has 1 aromatic rings. The molecule has 3 heteroatoms.